The smallest absolute Gasteiger partial charge is 0.253 e. The highest BCUT2D eigenvalue weighted by Crippen LogP contribution is 2.22. The Morgan fingerprint density at radius 2 is 1.61 bits per heavy atom. The summed E-state index contributed by atoms with van der Waals surface area (Å²) < 4.78 is 5.83. The number of morpholine rings is 1. The van der Waals surface area contributed by atoms with Crippen LogP contribution in [0.25, 0.3) is 0 Å². The van der Waals surface area contributed by atoms with Crippen molar-refractivity contribution < 1.29 is 9.53 Å². The van der Waals surface area contributed by atoms with E-state index < -0.39 is 0 Å². The summed E-state index contributed by atoms with van der Waals surface area (Å²) in [5.41, 5.74) is 2.00. The normalized spacial score (nSPS) is 27.2. The Morgan fingerprint density at radius 3 is 2.17 bits per heavy atom. The molecule has 1 aromatic carbocycles. The molecular formula is C19H28N2O2. The molecule has 0 saturated carbocycles. The number of ether oxygens (including phenoxy) is 1. The molecule has 0 bridgehead atoms. The van der Waals surface area contributed by atoms with Gasteiger partial charge in [-0.2, -0.15) is 0 Å². The van der Waals surface area contributed by atoms with Gasteiger partial charge in [-0.3, -0.25) is 9.69 Å². The van der Waals surface area contributed by atoms with Gasteiger partial charge in [-0.15, -0.1) is 0 Å². The Morgan fingerprint density at radius 1 is 1.04 bits per heavy atom. The van der Waals surface area contributed by atoms with E-state index in [0.717, 1.165) is 44.6 Å². The lowest BCUT2D eigenvalue weighted by Gasteiger charge is -2.43. The largest absolute Gasteiger partial charge is 0.373 e. The quantitative estimate of drug-likeness (QED) is 0.841. The summed E-state index contributed by atoms with van der Waals surface area (Å²) in [5.74, 6) is 0.173. The van der Waals surface area contributed by atoms with E-state index in [9.17, 15) is 4.79 Å². The van der Waals surface area contributed by atoms with Crippen molar-refractivity contribution in [3.05, 3.63) is 35.4 Å². The minimum absolute atomic E-state index is 0.173. The van der Waals surface area contributed by atoms with Crippen LogP contribution in [0.1, 0.15) is 42.6 Å². The maximum absolute atomic E-state index is 12.6. The number of benzene rings is 1. The van der Waals surface area contributed by atoms with Crippen LogP contribution >= 0.6 is 0 Å². The minimum Gasteiger partial charge on any atom is -0.373 e. The van der Waals surface area contributed by atoms with Gasteiger partial charge in [0.05, 0.1) is 12.2 Å². The fourth-order valence-corrected chi connectivity index (χ4v) is 3.83. The SMILES string of the molecule is Cc1ccc(C(=O)N2CCC(N3CC(C)OC(C)C3)CC2)cc1. The van der Waals surface area contributed by atoms with Crippen molar-refractivity contribution >= 4 is 5.91 Å². The van der Waals surface area contributed by atoms with Gasteiger partial charge in [-0.05, 0) is 45.7 Å². The van der Waals surface area contributed by atoms with E-state index in [2.05, 4.69) is 18.7 Å². The Bertz CT molecular complexity index is 525. The first-order chi connectivity index (χ1) is 11.0. The predicted molar refractivity (Wildman–Crippen MR) is 91.7 cm³/mol. The fraction of sp³-hybridized carbons (Fsp3) is 0.632. The van der Waals surface area contributed by atoms with E-state index in [1.165, 1.54) is 5.56 Å². The molecule has 1 aromatic rings. The molecule has 1 amide bonds. The molecule has 3 rings (SSSR count). The van der Waals surface area contributed by atoms with E-state index in [0.29, 0.717) is 18.2 Å². The third kappa shape index (κ3) is 3.93. The second-order valence-corrected chi connectivity index (χ2v) is 7.10. The summed E-state index contributed by atoms with van der Waals surface area (Å²) in [4.78, 5) is 17.2. The van der Waals surface area contributed by atoms with Crippen molar-refractivity contribution in [2.75, 3.05) is 26.2 Å². The van der Waals surface area contributed by atoms with Crippen molar-refractivity contribution in [2.45, 2.75) is 51.9 Å². The van der Waals surface area contributed by atoms with Crippen molar-refractivity contribution in [3.63, 3.8) is 0 Å². The highest BCUT2D eigenvalue weighted by Gasteiger charge is 2.31. The molecule has 126 valence electrons. The number of carbonyl (C=O) groups excluding carboxylic acids is 1. The summed E-state index contributed by atoms with van der Waals surface area (Å²) in [6.07, 6.45) is 2.76. The second kappa shape index (κ2) is 7.02. The molecule has 0 aromatic heterocycles. The van der Waals surface area contributed by atoms with Crippen LogP contribution in [-0.2, 0) is 4.74 Å². The Hall–Kier alpha value is -1.39. The number of hydrogen-bond donors (Lipinski definition) is 0. The number of carbonyl (C=O) groups is 1. The van der Waals surface area contributed by atoms with Gasteiger partial charge in [-0.25, -0.2) is 0 Å². The zero-order valence-electron chi connectivity index (χ0n) is 14.5. The first kappa shape index (κ1) is 16.5. The lowest BCUT2D eigenvalue weighted by molar-refractivity contribution is -0.0856. The van der Waals surface area contributed by atoms with Crippen molar-refractivity contribution in [1.82, 2.24) is 9.80 Å². The van der Waals surface area contributed by atoms with E-state index in [4.69, 9.17) is 4.74 Å². The zero-order chi connectivity index (χ0) is 16.4. The third-order valence-electron chi connectivity index (χ3n) is 5.01. The fourth-order valence-electron chi connectivity index (χ4n) is 3.83. The molecule has 4 heteroatoms. The van der Waals surface area contributed by atoms with Gasteiger partial charge in [0.2, 0.25) is 0 Å². The highest BCUT2D eigenvalue weighted by atomic mass is 16.5. The van der Waals surface area contributed by atoms with Crippen LogP contribution in [0.5, 0.6) is 0 Å². The Balaban J connectivity index is 1.55. The van der Waals surface area contributed by atoms with Crippen molar-refractivity contribution in [2.24, 2.45) is 0 Å². The highest BCUT2D eigenvalue weighted by molar-refractivity contribution is 5.94. The van der Waals surface area contributed by atoms with E-state index in [-0.39, 0.29) is 5.91 Å². The Kier molecular flexibility index (Phi) is 5.02. The third-order valence-corrected chi connectivity index (χ3v) is 5.01. The zero-order valence-corrected chi connectivity index (χ0v) is 14.5. The summed E-state index contributed by atoms with van der Waals surface area (Å²) in [5, 5.41) is 0. The summed E-state index contributed by atoms with van der Waals surface area (Å²) in [6, 6.07) is 8.49. The monoisotopic (exact) mass is 316 g/mol. The first-order valence-electron chi connectivity index (χ1n) is 8.78. The number of rotatable bonds is 2. The van der Waals surface area contributed by atoms with Gasteiger partial charge in [0.25, 0.3) is 5.91 Å². The molecule has 2 fully saturated rings. The number of nitrogens with zero attached hydrogens (tertiary/aromatic N) is 2. The number of amides is 1. The van der Waals surface area contributed by atoms with Gasteiger partial charge in [0, 0.05) is 37.8 Å². The van der Waals surface area contributed by atoms with Gasteiger partial charge >= 0.3 is 0 Å². The lowest BCUT2D eigenvalue weighted by atomic mass is 10.0. The Labute approximate surface area is 139 Å². The second-order valence-electron chi connectivity index (χ2n) is 7.10. The minimum atomic E-state index is 0.173. The first-order valence-corrected chi connectivity index (χ1v) is 8.78. The molecule has 2 atom stereocenters. The average Bonchev–Trinajstić information content (AvgIpc) is 2.54. The van der Waals surface area contributed by atoms with E-state index in [1.807, 2.05) is 36.1 Å². The van der Waals surface area contributed by atoms with Crippen LogP contribution in [0.2, 0.25) is 0 Å². The summed E-state index contributed by atoms with van der Waals surface area (Å²) >= 11 is 0. The molecule has 0 radical (unpaired) electrons. The number of aryl methyl sites for hydroxylation is 1. The van der Waals surface area contributed by atoms with Gasteiger partial charge in [0.15, 0.2) is 0 Å². The molecule has 2 aliphatic heterocycles. The van der Waals surface area contributed by atoms with Gasteiger partial charge in [-0.1, -0.05) is 17.7 Å². The number of piperidine rings is 1. The maximum atomic E-state index is 12.6. The molecule has 0 spiro atoms. The molecule has 2 heterocycles. The predicted octanol–water partition coefficient (Wildman–Crippen LogP) is 2.71. The van der Waals surface area contributed by atoms with Crippen LogP contribution in [0.4, 0.5) is 0 Å². The van der Waals surface area contributed by atoms with Crippen LogP contribution in [0, 0.1) is 6.92 Å². The van der Waals surface area contributed by atoms with Crippen LogP contribution in [0.3, 0.4) is 0 Å². The molecule has 23 heavy (non-hydrogen) atoms. The van der Waals surface area contributed by atoms with Crippen LogP contribution in [-0.4, -0.2) is 60.1 Å². The molecule has 0 aliphatic carbocycles. The average molecular weight is 316 g/mol. The number of likely N-dealkylation sites (tertiary alicyclic amines) is 1. The lowest BCUT2D eigenvalue weighted by Crippen LogP contribution is -2.53. The molecular weight excluding hydrogens is 288 g/mol. The van der Waals surface area contributed by atoms with Crippen LogP contribution < -0.4 is 0 Å². The summed E-state index contributed by atoms with van der Waals surface area (Å²) in [6.45, 7) is 10.1. The van der Waals surface area contributed by atoms with Crippen molar-refractivity contribution in [3.8, 4) is 0 Å². The van der Waals surface area contributed by atoms with Crippen LogP contribution in [0.15, 0.2) is 24.3 Å². The molecule has 0 N–H and O–H groups in total. The summed E-state index contributed by atoms with van der Waals surface area (Å²) in [7, 11) is 0. The van der Waals surface area contributed by atoms with E-state index >= 15 is 0 Å². The van der Waals surface area contributed by atoms with E-state index in [1.54, 1.807) is 0 Å². The van der Waals surface area contributed by atoms with Crippen molar-refractivity contribution in [1.29, 1.82) is 0 Å². The number of hydrogen-bond acceptors (Lipinski definition) is 3. The van der Waals surface area contributed by atoms with Gasteiger partial charge in [0.1, 0.15) is 0 Å². The molecule has 2 aliphatic rings. The molecule has 4 nitrogen and oxygen atoms in total. The van der Waals surface area contributed by atoms with Gasteiger partial charge < -0.3 is 9.64 Å². The molecule has 2 unspecified atom stereocenters. The topological polar surface area (TPSA) is 32.8 Å². The standard InChI is InChI=1S/C19H28N2O2/c1-14-4-6-17(7-5-14)19(22)20-10-8-18(9-11-20)21-12-15(2)23-16(3)13-21/h4-7,15-16,18H,8-13H2,1-3H3. The molecule has 2 saturated heterocycles. The maximum Gasteiger partial charge on any atom is 0.253 e.